The highest BCUT2D eigenvalue weighted by atomic mass is 19.3. The van der Waals surface area contributed by atoms with Gasteiger partial charge in [-0.15, -0.1) is 0 Å². The predicted octanol–water partition coefficient (Wildman–Crippen LogP) is 7.42. The summed E-state index contributed by atoms with van der Waals surface area (Å²) in [6, 6.07) is 0. The van der Waals surface area contributed by atoms with Gasteiger partial charge in [0.2, 0.25) is 0 Å². The summed E-state index contributed by atoms with van der Waals surface area (Å²) in [5.41, 5.74) is 0.470. The fourth-order valence-corrected chi connectivity index (χ4v) is 3.28. The molecule has 0 aliphatic heterocycles. The van der Waals surface area contributed by atoms with E-state index in [9.17, 15) is 30.7 Å². The summed E-state index contributed by atoms with van der Waals surface area (Å²) in [7, 11) is 0. The number of hydrogen-bond donors (Lipinski definition) is 0. The molecule has 8 heteroatoms. The molecule has 0 amide bonds. The van der Waals surface area contributed by atoms with Gasteiger partial charge in [0.15, 0.2) is 11.6 Å². The smallest absolute Gasteiger partial charge is 0.423 e. The normalized spacial score (nSPS) is 23.1. The molecular formula is C19H25F7O. The van der Waals surface area contributed by atoms with Crippen LogP contribution in [0.1, 0.15) is 51.9 Å². The third-order valence-electron chi connectivity index (χ3n) is 4.78. The molecule has 1 nitrogen and oxygen atoms in total. The third kappa shape index (κ3) is 7.58. The first-order valence-electron chi connectivity index (χ1n) is 9.00. The van der Waals surface area contributed by atoms with Crippen molar-refractivity contribution in [1.82, 2.24) is 0 Å². The third-order valence-corrected chi connectivity index (χ3v) is 4.78. The van der Waals surface area contributed by atoms with Gasteiger partial charge in [-0.05, 0) is 62.5 Å². The maximum atomic E-state index is 14.1. The highest BCUT2D eigenvalue weighted by Gasteiger charge is 2.45. The highest BCUT2D eigenvalue weighted by molar-refractivity contribution is 5.31. The molecule has 0 aromatic rings. The van der Waals surface area contributed by atoms with E-state index >= 15 is 0 Å². The van der Waals surface area contributed by atoms with Gasteiger partial charge in [-0.3, -0.25) is 4.39 Å². The van der Waals surface area contributed by atoms with E-state index in [1.165, 1.54) is 0 Å². The van der Waals surface area contributed by atoms with E-state index in [-0.39, 0.29) is 12.6 Å². The second-order valence-corrected chi connectivity index (χ2v) is 6.62. The average Bonchev–Trinajstić information content (AvgIpc) is 2.64. The summed E-state index contributed by atoms with van der Waals surface area (Å²) in [6.07, 6.45) is -1.90. The van der Waals surface area contributed by atoms with Crippen LogP contribution in [-0.2, 0) is 4.74 Å². The Kier molecular flexibility index (Phi) is 9.94. The van der Waals surface area contributed by atoms with Crippen LogP contribution in [0.2, 0.25) is 0 Å². The molecule has 1 saturated carbocycles. The molecule has 0 heterocycles. The lowest BCUT2D eigenvalue weighted by Crippen LogP contribution is -2.29. The first kappa shape index (κ1) is 23.6. The Morgan fingerprint density at radius 2 is 1.78 bits per heavy atom. The van der Waals surface area contributed by atoms with Crippen LogP contribution < -0.4 is 0 Å². The first-order valence-corrected chi connectivity index (χ1v) is 9.00. The molecule has 156 valence electrons. The van der Waals surface area contributed by atoms with Crippen LogP contribution in [0, 0.1) is 11.8 Å². The van der Waals surface area contributed by atoms with E-state index in [4.69, 9.17) is 0 Å². The molecule has 0 saturated heterocycles. The Balaban J connectivity index is 2.71. The molecular weight excluding hydrogens is 377 g/mol. The Labute approximate surface area is 155 Å². The number of ether oxygens (including phenoxy) is 1. The minimum atomic E-state index is -4.99. The van der Waals surface area contributed by atoms with Crippen molar-refractivity contribution in [3.05, 3.63) is 35.6 Å². The molecule has 0 radical (unpaired) electrons. The molecule has 0 aromatic carbocycles. The monoisotopic (exact) mass is 402 g/mol. The molecule has 0 N–H and O–H groups in total. The van der Waals surface area contributed by atoms with Gasteiger partial charge in [-0.2, -0.15) is 17.6 Å². The molecule has 27 heavy (non-hydrogen) atoms. The van der Waals surface area contributed by atoms with E-state index in [1.54, 1.807) is 13.0 Å². The van der Waals surface area contributed by atoms with Crippen molar-refractivity contribution in [2.45, 2.75) is 64.4 Å². The van der Waals surface area contributed by atoms with Crippen molar-refractivity contribution >= 4 is 0 Å². The van der Waals surface area contributed by atoms with Gasteiger partial charge in [0.25, 0.3) is 0 Å². The maximum absolute atomic E-state index is 14.1. The van der Waals surface area contributed by atoms with Crippen molar-refractivity contribution < 1.29 is 35.5 Å². The Bertz CT molecular complexity index is 532. The van der Waals surface area contributed by atoms with Crippen LogP contribution in [0.5, 0.6) is 0 Å². The van der Waals surface area contributed by atoms with Gasteiger partial charge in [0.05, 0.1) is 6.67 Å². The number of hydrogen-bond acceptors (Lipinski definition) is 1. The summed E-state index contributed by atoms with van der Waals surface area (Å²) in [6.45, 7) is 1.29. The van der Waals surface area contributed by atoms with Gasteiger partial charge < -0.3 is 4.74 Å². The van der Waals surface area contributed by atoms with Gasteiger partial charge >= 0.3 is 12.5 Å². The summed E-state index contributed by atoms with van der Waals surface area (Å²) in [5.74, 6) is -2.63. The van der Waals surface area contributed by atoms with Crippen LogP contribution in [0.4, 0.5) is 30.7 Å². The minimum Gasteiger partial charge on any atom is -0.423 e. The van der Waals surface area contributed by atoms with E-state index in [0.717, 1.165) is 44.6 Å². The molecule has 1 fully saturated rings. The number of alkyl halides is 5. The van der Waals surface area contributed by atoms with E-state index in [0.29, 0.717) is 17.9 Å². The molecule has 0 bridgehead atoms. The lowest BCUT2D eigenvalue weighted by atomic mass is 9.76. The summed E-state index contributed by atoms with van der Waals surface area (Å²) < 4.78 is 92.5. The lowest BCUT2D eigenvalue weighted by molar-refractivity contribution is -0.281. The SMILES string of the molecule is C\C=C(/C=C(F)\C(=C\F)OC(F)(F)C(F)F)C1CCC(CCCCF)CC1. The Morgan fingerprint density at radius 1 is 1.15 bits per heavy atom. The largest absolute Gasteiger partial charge is 0.461 e. The molecule has 0 atom stereocenters. The van der Waals surface area contributed by atoms with Crippen LogP contribution in [0.15, 0.2) is 35.6 Å². The summed E-state index contributed by atoms with van der Waals surface area (Å²) in [4.78, 5) is 0. The summed E-state index contributed by atoms with van der Waals surface area (Å²) in [5, 5.41) is 0. The maximum Gasteiger partial charge on any atom is 0.461 e. The van der Waals surface area contributed by atoms with Gasteiger partial charge in [0, 0.05) is 0 Å². The van der Waals surface area contributed by atoms with Crippen molar-refractivity contribution in [3.8, 4) is 0 Å². The fraction of sp³-hybridized carbons (Fsp3) is 0.684. The summed E-state index contributed by atoms with van der Waals surface area (Å²) >= 11 is 0. The average molecular weight is 402 g/mol. The first-order chi connectivity index (χ1) is 12.7. The van der Waals surface area contributed by atoms with Crippen molar-refractivity contribution in [1.29, 1.82) is 0 Å². The minimum absolute atomic E-state index is 0.0466. The van der Waals surface area contributed by atoms with Crippen LogP contribution in [0.25, 0.3) is 0 Å². The zero-order valence-corrected chi connectivity index (χ0v) is 15.2. The van der Waals surface area contributed by atoms with Crippen molar-refractivity contribution in [2.75, 3.05) is 6.67 Å². The van der Waals surface area contributed by atoms with Crippen molar-refractivity contribution in [3.63, 3.8) is 0 Å². The van der Waals surface area contributed by atoms with Crippen LogP contribution >= 0.6 is 0 Å². The lowest BCUT2D eigenvalue weighted by Gasteiger charge is -2.29. The number of unbranched alkanes of at least 4 members (excludes halogenated alkanes) is 1. The predicted molar refractivity (Wildman–Crippen MR) is 89.4 cm³/mol. The second kappa shape index (κ2) is 11.4. The van der Waals surface area contributed by atoms with Crippen LogP contribution in [-0.4, -0.2) is 19.2 Å². The Morgan fingerprint density at radius 3 is 2.26 bits per heavy atom. The fourth-order valence-electron chi connectivity index (χ4n) is 3.28. The molecule has 0 unspecified atom stereocenters. The van der Waals surface area contributed by atoms with E-state index in [1.807, 2.05) is 0 Å². The van der Waals surface area contributed by atoms with E-state index < -0.39 is 30.4 Å². The standard InChI is InChI=1S/C19H25F7O/c1-2-14(15-8-6-13(7-9-15)5-3-4-10-20)11-16(22)17(12-21)27-19(25,26)18(23)24/h2,11-13,15,18H,3-10H2,1H3/b14-2+,16-11+,17-12-. The number of allylic oxidation sites excluding steroid dienone is 4. The topological polar surface area (TPSA) is 9.23 Å². The quantitative estimate of drug-likeness (QED) is 0.160. The molecule has 1 aliphatic rings. The zero-order valence-electron chi connectivity index (χ0n) is 15.2. The highest BCUT2D eigenvalue weighted by Crippen LogP contribution is 2.37. The zero-order chi connectivity index (χ0) is 20.4. The van der Waals surface area contributed by atoms with Crippen LogP contribution in [0.3, 0.4) is 0 Å². The molecule has 1 aliphatic carbocycles. The molecule has 0 aromatic heterocycles. The number of halogens is 7. The second-order valence-electron chi connectivity index (χ2n) is 6.62. The van der Waals surface area contributed by atoms with Crippen molar-refractivity contribution in [2.24, 2.45) is 11.8 Å². The van der Waals surface area contributed by atoms with E-state index in [2.05, 4.69) is 4.74 Å². The Hall–Kier alpha value is -1.47. The molecule has 1 rings (SSSR count). The van der Waals surface area contributed by atoms with Gasteiger partial charge in [0.1, 0.15) is 6.33 Å². The van der Waals surface area contributed by atoms with Gasteiger partial charge in [-0.1, -0.05) is 18.9 Å². The number of rotatable bonds is 10. The van der Waals surface area contributed by atoms with Gasteiger partial charge in [-0.25, -0.2) is 8.78 Å². The molecule has 0 spiro atoms.